The van der Waals surface area contributed by atoms with Gasteiger partial charge in [0.2, 0.25) is 0 Å². The molecule has 0 spiro atoms. The van der Waals surface area contributed by atoms with Crippen molar-refractivity contribution in [3.8, 4) is 22.5 Å². The van der Waals surface area contributed by atoms with Crippen LogP contribution in [0.2, 0.25) is 0 Å². The highest BCUT2D eigenvalue weighted by molar-refractivity contribution is 6.10. The van der Waals surface area contributed by atoms with E-state index in [1.54, 1.807) is 12.4 Å². The van der Waals surface area contributed by atoms with E-state index in [1.165, 1.54) is 54.6 Å². The van der Waals surface area contributed by atoms with Crippen molar-refractivity contribution in [3.05, 3.63) is 190 Å². The summed E-state index contributed by atoms with van der Waals surface area (Å²) in [5.41, 5.74) is -10.00. The fourth-order valence-electron chi connectivity index (χ4n) is 7.57. The fourth-order valence-corrected chi connectivity index (χ4v) is 7.57. The summed E-state index contributed by atoms with van der Waals surface area (Å²) in [5.74, 6) is -1.49. The SMILES string of the molecule is Fc1ccccc1C1(c2ccccc2F)N=C2C=C[N+](Cc3ccc(-c4ccc(C(F)(F)F)cc4C(F)(F)F)nn3)(Cc3ccc(-c4ccc(C(F)(F)F)cc4C(F)(F)F)nn3)C=C2N1. The molecule has 0 amide bonds. The Bertz CT molecular complexity index is 2710. The number of benzene rings is 4. The molecule has 8 rings (SSSR count). The van der Waals surface area contributed by atoms with Crippen LogP contribution in [-0.4, -0.2) is 30.6 Å². The summed E-state index contributed by atoms with van der Waals surface area (Å²) in [4.78, 5) is 4.75. The molecule has 21 heteroatoms. The number of hydrogen-bond donors (Lipinski definition) is 1. The number of nitrogens with zero attached hydrogens (tertiary/aromatic N) is 6. The van der Waals surface area contributed by atoms with Crippen LogP contribution < -0.4 is 5.32 Å². The van der Waals surface area contributed by atoms with Crippen LogP contribution in [0, 0.1) is 11.6 Å². The van der Waals surface area contributed by atoms with Crippen LogP contribution in [0.5, 0.6) is 0 Å². The van der Waals surface area contributed by atoms with Gasteiger partial charge in [0.05, 0.1) is 39.4 Å². The smallest absolute Gasteiger partial charge is 0.347 e. The van der Waals surface area contributed by atoms with Gasteiger partial charge in [-0.3, -0.25) is 4.48 Å². The number of rotatable bonds is 8. The minimum Gasteiger partial charge on any atom is -0.347 e. The molecular weight excluding hydrogens is 893 g/mol. The molecule has 0 saturated carbocycles. The molecule has 0 radical (unpaired) electrons. The average Bonchev–Trinajstić information content (AvgIpc) is 3.62. The molecule has 334 valence electrons. The van der Waals surface area contributed by atoms with Crippen molar-refractivity contribution in [1.29, 1.82) is 0 Å². The van der Waals surface area contributed by atoms with Crippen LogP contribution in [0.4, 0.5) is 61.5 Å². The van der Waals surface area contributed by atoms with Gasteiger partial charge in [-0.25, -0.2) is 13.8 Å². The van der Waals surface area contributed by atoms with Crippen molar-refractivity contribution < 1.29 is 65.9 Å². The normalized spacial score (nSPS) is 15.8. The molecule has 2 aromatic heterocycles. The summed E-state index contributed by atoms with van der Waals surface area (Å²) in [5, 5.41) is 19.1. The molecule has 6 aromatic rings. The predicted octanol–water partition coefficient (Wildman–Crippen LogP) is 11.8. The van der Waals surface area contributed by atoms with Gasteiger partial charge < -0.3 is 5.32 Å². The molecule has 0 unspecified atom stereocenters. The molecule has 4 aromatic carbocycles. The number of quaternary nitrogens is 1. The number of alkyl halides is 12. The standard InChI is InChI=1S/C44H26F14N7/c45-34-7-3-1-5-30(34)40(31-6-2-4-8-35(31)46)59-38-17-18-65(23-39(38)60-40,21-26-11-15-36(63-61-26)28-13-9-24(41(47,48)49)19-32(28)43(53,54)55)22-27-12-16-37(64-62-27)29-14-10-25(42(50,51)52)20-33(29)44(56,57)58/h1-20,23,60H,21-22H2/q+1. The van der Waals surface area contributed by atoms with Crippen LogP contribution in [0.3, 0.4) is 0 Å². The van der Waals surface area contributed by atoms with Crippen LogP contribution in [0.1, 0.15) is 44.8 Å². The van der Waals surface area contributed by atoms with Gasteiger partial charge in [0.25, 0.3) is 0 Å². The lowest BCUT2D eigenvalue weighted by atomic mass is 9.91. The van der Waals surface area contributed by atoms with Gasteiger partial charge >= 0.3 is 24.7 Å². The molecule has 0 fully saturated rings. The van der Waals surface area contributed by atoms with E-state index in [4.69, 9.17) is 4.99 Å². The number of hydrogen-bond acceptors (Lipinski definition) is 6. The van der Waals surface area contributed by atoms with E-state index in [-0.39, 0.29) is 59.1 Å². The topological polar surface area (TPSA) is 76.0 Å². The minimum absolute atomic E-state index is 0.0417. The lowest BCUT2D eigenvalue weighted by Gasteiger charge is -2.33. The Hall–Kier alpha value is -7.03. The molecule has 0 saturated heterocycles. The summed E-state index contributed by atoms with van der Waals surface area (Å²) in [7, 11) is 0. The van der Waals surface area contributed by atoms with Crippen molar-refractivity contribution in [2.24, 2.45) is 4.99 Å². The van der Waals surface area contributed by atoms with E-state index in [1.807, 2.05) is 0 Å². The third-order valence-corrected chi connectivity index (χ3v) is 10.5. The van der Waals surface area contributed by atoms with Crippen molar-refractivity contribution in [3.63, 3.8) is 0 Å². The molecule has 1 N–H and O–H groups in total. The Labute approximate surface area is 357 Å². The molecule has 2 aliphatic rings. The molecule has 7 nitrogen and oxygen atoms in total. The first kappa shape index (κ1) is 44.6. The van der Waals surface area contributed by atoms with E-state index in [9.17, 15) is 52.7 Å². The highest BCUT2D eigenvalue weighted by atomic mass is 19.4. The second kappa shape index (κ2) is 15.9. The maximum Gasteiger partial charge on any atom is 0.417 e. The first-order chi connectivity index (χ1) is 30.5. The Kier molecular flexibility index (Phi) is 10.9. The van der Waals surface area contributed by atoms with Gasteiger partial charge in [0.1, 0.15) is 54.2 Å². The minimum atomic E-state index is -5.22. The van der Waals surface area contributed by atoms with Gasteiger partial charge in [-0.1, -0.05) is 48.5 Å². The van der Waals surface area contributed by atoms with E-state index < -0.39 is 91.3 Å². The largest absolute Gasteiger partial charge is 0.417 e. The second-order valence-electron chi connectivity index (χ2n) is 14.9. The van der Waals surface area contributed by atoms with Crippen LogP contribution in [0.25, 0.3) is 22.5 Å². The zero-order valence-corrected chi connectivity index (χ0v) is 32.5. The zero-order chi connectivity index (χ0) is 46.7. The van der Waals surface area contributed by atoms with Gasteiger partial charge in [0, 0.05) is 28.3 Å². The van der Waals surface area contributed by atoms with Gasteiger partial charge in [-0.05, 0) is 60.7 Å². The highest BCUT2D eigenvalue weighted by Gasteiger charge is 2.47. The molecule has 4 heterocycles. The predicted molar refractivity (Wildman–Crippen MR) is 204 cm³/mol. The van der Waals surface area contributed by atoms with E-state index >= 15 is 8.78 Å². The van der Waals surface area contributed by atoms with Crippen LogP contribution >= 0.6 is 0 Å². The molecule has 0 atom stereocenters. The first-order valence-corrected chi connectivity index (χ1v) is 18.9. The summed E-state index contributed by atoms with van der Waals surface area (Å²) in [6.45, 7) is -0.456. The lowest BCUT2D eigenvalue weighted by molar-refractivity contribution is -0.857. The van der Waals surface area contributed by atoms with E-state index in [2.05, 4.69) is 25.7 Å². The third kappa shape index (κ3) is 8.79. The maximum absolute atomic E-state index is 15.6. The Morgan fingerprint density at radius 1 is 0.508 bits per heavy atom. The van der Waals surface area contributed by atoms with Crippen molar-refractivity contribution in [2.75, 3.05) is 0 Å². The molecule has 65 heavy (non-hydrogen) atoms. The van der Waals surface area contributed by atoms with Crippen LogP contribution in [0.15, 0.2) is 138 Å². The van der Waals surface area contributed by atoms with Gasteiger partial charge in [0.15, 0.2) is 5.66 Å². The third-order valence-electron chi connectivity index (χ3n) is 10.5. The number of nitrogens with one attached hydrogen (secondary N) is 1. The first-order valence-electron chi connectivity index (χ1n) is 18.9. The van der Waals surface area contributed by atoms with Crippen molar-refractivity contribution in [2.45, 2.75) is 43.5 Å². The lowest BCUT2D eigenvalue weighted by Crippen LogP contribution is -2.43. The molecular formula is C44H26F14N7+. The summed E-state index contributed by atoms with van der Waals surface area (Å²) >= 11 is 0. The monoisotopic (exact) mass is 918 g/mol. The summed E-state index contributed by atoms with van der Waals surface area (Å²) in [6.07, 6.45) is -16.0. The second-order valence-corrected chi connectivity index (χ2v) is 14.9. The number of aromatic nitrogens is 4. The highest BCUT2D eigenvalue weighted by Crippen LogP contribution is 2.44. The Morgan fingerprint density at radius 3 is 1.34 bits per heavy atom. The zero-order valence-electron chi connectivity index (χ0n) is 32.5. The Balaban J connectivity index is 1.20. The number of aliphatic imine (C=N–C) groups is 1. The molecule has 2 aliphatic heterocycles. The summed E-state index contributed by atoms with van der Waals surface area (Å²) < 4.78 is 195. The maximum atomic E-state index is 15.6. The van der Waals surface area contributed by atoms with Crippen molar-refractivity contribution in [1.82, 2.24) is 25.7 Å². The summed E-state index contributed by atoms with van der Waals surface area (Å²) in [6, 6.07) is 17.8. The quantitative estimate of drug-likeness (QED) is 0.122. The van der Waals surface area contributed by atoms with E-state index in [0.29, 0.717) is 24.3 Å². The fraction of sp³-hybridized carbons (Fsp3) is 0.159. The van der Waals surface area contributed by atoms with Gasteiger partial charge in [-0.2, -0.15) is 62.9 Å². The van der Waals surface area contributed by atoms with Crippen molar-refractivity contribution >= 4 is 5.71 Å². The molecule has 0 bridgehead atoms. The number of fused-ring (bicyclic) bond motifs is 1. The average molecular weight is 919 g/mol. The van der Waals surface area contributed by atoms with Crippen LogP contribution in [-0.2, 0) is 43.5 Å². The van der Waals surface area contributed by atoms with Gasteiger partial charge in [-0.15, -0.1) is 10.2 Å². The molecule has 0 aliphatic carbocycles. The van der Waals surface area contributed by atoms with E-state index in [0.717, 1.165) is 24.3 Å². The Morgan fingerprint density at radius 2 is 0.954 bits per heavy atom. The number of halogens is 14. The number of allylic oxidation sites excluding steroid dienone is 1.